The molecule has 7 heteroatoms. The number of hydrogen-bond donors (Lipinski definition) is 2. The minimum absolute atomic E-state index is 0.0919. The normalized spacial score (nSPS) is 11.4. The lowest BCUT2D eigenvalue weighted by Crippen LogP contribution is -2.11. The van der Waals surface area contributed by atoms with E-state index < -0.39 is 10.0 Å². The lowest BCUT2D eigenvalue weighted by molar-refractivity contribution is 0.475. The van der Waals surface area contributed by atoms with Gasteiger partial charge < -0.3 is 5.11 Å². The molecule has 0 saturated heterocycles. The first-order valence-corrected chi connectivity index (χ1v) is 7.28. The summed E-state index contributed by atoms with van der Waals surface area (Å²) in [5.41, 5.74) is 0.307. The Bertz CT molecular complexity index is 623. The van der Waals surface area contributed by atoms with E-state index in [1.807, 2.05) is 0 Å². The third-order valence-corrected chi connectivity index (χ3v) is 5.04. The zero-order valence-corrected chi connectivity index (χ0v) is 10.8. The van der Waals surface area contributed by atoms with Crippen molar-refractivity contribution in [2.24, 2.45) is 0 Å². The number of halogens is 1. The Morgan fingerprint density at radius 2 is 2.06 bits per heavy atom. The maximum atomic E-state index is 11.9. The number of sulfonamides is 1. The Morgan fingerprint density at radius 1 is 1.29 bits per heavy atom. The molecule has 0 saturated carbocycles. The van der Waals surface area contributed by atoms with Gasteiger partial charge in [0, 0.05) is 0 Å². The van der Waals surface area contributed by atoms with Crippen molar-refractivity contribution in [3.8, 4) is 5.75 Å². The molecule has 2 N–H and O–H groups in total. The third-order valence-electron chi connectivity index (χ3n) is 1.96. The number of hydrogen-bond acceptors (Lipinski definition) is 4. The van der Waals surface area contributed by atoms with E-state index in [2.05, 4.69) is 4.72 Å². The number of thiophene rings is 1. The van der Waals surface area contributed by atoms with Gasteiger partial charge in [0.1, 0.15) is 9.96 Å². The fourth-order valence-electron chi connectivity index (χ4n) is 1.19. The summed E-state index contributed by atoms with van der Waals surface area (Å²) in [6.07, 6.45) is 0. The van der Waals surface area contributed by atoms with Crippen molar-refractivity contribution in [1.82, 2.24) is 0 Å². The highest BCUT2D eigenvalue weighted by Crippen LogP contribution is 2.28. The van der Waals surface area contributed by atoms with Crippen LogP contribution in [-0.4, -0.2) is 13.5 Å². The largest absolute Gasteiger partial charge is 0.506 e. The maximum Gasteiger partial charge on any atom is 0.271 e. The fraction of sp³-hybridized carbons (Fsp3) is 0. The zero-order chi connectivity index (χ0) is 12.5. The highest BCUT2D eigenvalue weighted by molar-refractivity contribution is 7.94. The first-order valence-electron chi connectivity index (χ1n) is 4.54. The van der Waals surface area contributed by atoms with Crippen LogP contribution in [0.2, 0.25) is 5.02 Å². The Morgan fingerprint density at radius 3 is 2.65 bits per heavy atom. The van der Waals surface area contributed by atoms with Crippen molar-refractivity contribution in [2.45, 2.75) is 4.21 Å². The topological polar surface area (TPSA) is 66.4 Å². The molecule has 0 aliphatic carbocycles. The molecule has 0 aliphatic heterocycles. The van der Waals surface area contributed by atoms with Gasteiger partial charge in [0.25, 0.3) is 10.0 Å². The first kappa shape index (κ1) is 12.2. The van der Waals surface area contributed by atoms with Crippen molar-refractivity contribution in [3.05, 3.63) is 40.7 Å². The molecule has 2 aromatic rings. The van der Waals surface area contributed by atoms with Gasteiger partial charge in [-0.05, 0) is 29.6 Å². The number of phenols is 1. The number of anilines is 1. The summed E-state index contributed by atoms with van der Waals surface area (Å²) in [5, 5.41) is 11.0. The van der Waals surface area contributed by atoms with Gasteiger partial charge in [0.05, 0.1) is 10.7 Å². The summed E-state index contributed by atoms with van der Waals surface area (Å²) < 4.78 is 26.3. The predicted molar refractivity (Wildman–Crippen MR) is 68.2 cm³/mol. The average Bonchev–Trinajstić information content (AvgIpc) is 2.77. The summed E-state index contributed by atoms with van der Waals surface area (Å²) in [5.74, 6) is -0.0919. The van der Waals surface area contributed by atoms with Crippen LogP contribution in [0.3, 0.4) is 0 Å². The van der Waals surface area contributed by atoms with Crippen LogP contribution in [0.1, 0.15) is 0 Å². The van der Waals surface area contributed by atoms with Crippen molar-refractivity contribution in [1.29, 1.82) is 0 Å². The Kier molecular flexibility index (Phi) is 3.28. The van der Waals surface area contributed by atoms with E-state index in [-0.39, 0.29) is 15.0 Å². The second kappa shape index (κ2) is 4.56. The van der Waals surface area contributed by atoms with Crippen molar-refractivity contribution in [2.75, 3.05) is 4.72 Å². The molecule has 0 spiro atoms. The van der Waals surface area contributed by atoms with Crippen LogP contribution < -0.4 is 4.72 Å². The SMILES string of the molecule is O=S(=O)(Nc1ccc(O)c(Cl)c1)c1cccs1. The van der Waals surface area contributed by atoms with E-state index >= 15 is 0 Å². The van der Waals surface area contributed by atoms with Crippen molar-refractivity contribution >= 4 is 38.6 Å². The zero-order valence-electron chi connectivity index (χ0n) is 8.42. The molecule has 0 unspecified atom stereocenters. The van der Waals surface area contributed by atoms with E-state index in [1.165, 1.54) is 24.3 Å². The molecule has 0 amide bonds. The summed E-state index contributed by atoms with van der Waals surface area (Å²) in [6, 6.07) is 7.28. The standard InChI is InChI=1S/C10H8ClNO3S2/c11-8-6-7(3-4-9(8)13)12-17(14,15)10-2-1-5-16-10/h1-6,12-13H. The number of phenolic OH excluding ortho intramolecular Hbond substituents is 1. The molecule has 0 bridgehead atoms. The van der Waals surface area contributed by atoms with Crippen LogP contribution in [-0.2, 0) is 10.0 Å². The minimum atomic E-state index is -3.57. The van der Waals surface area contributed by atoms with Gasteiger partial charge in [-0.25, -0.2) is 8.42 Å². The third kappa shape index (κ3) is 2.71. The Balaban J connectivity index is 2.30. The van der Waals surface area contributed by atoms with Crippen LogP contribution in [0.15, 0.2) is 39.9 Å². The van der Waals surface area contributed by atoms with Gasteiger partial charge in [0.15, 0.2) is 0 Å². The highest BCUT2D eigenvalue weighted by atomic mass is 35.5. The number of nitrogens with one attached hydrogen (secondary N) is 1. The van der Waals surface area contributed by atoms with Gasteiger partial charge >= 0.3 is 0 Å². The van der Waals surface area contributed by atoms with Crippen LogP contribution in [0.25, 0.3) is 0 Å². The van der Waals surface area contributed by atoms with E-state index in [4.69, 9.17) is 11.6 Å². The molecule has 0 aliphatic rings. The number of rotatable bonds is 3. The smallest absolute Gasteiger partial charge is 0.271 e. The van der Waals surface area contributed by atoms with E-state index in [0.29, 0.717) is 5.69 Å². The van der Waals surface area contributed by atoms with Gasteiger partial charge in [-0.1, -0.05) is 17.7 Å². The van der Waals surface area contributed by atoms with Crippen LogP contribution in [0, 0.1) is 0 Å². The second-order valence-corrected chi connectivity index (χ2v) is 6.47. The van der Waals surface area contributed by atoms with E-state index in [1.54, 1.807) is 11.4 Å². The fourth-order valence-corrected chi connectivity index (χ4v) is 3.42. The molecule has 17 heavy (non-hydrogen) atoms. The van der Waals surface area contributed by atoms with Crippen molar-refractivity contribution in [3.63, 3.8) is 0 Å². The van der Waals surface area contributed by atoms with Gasteiger partial charge in [-0.3, -0.25) is 4.72 Å². The van der Waals surface area contributed by atoms with Crippen LogP contribution >= 0.6 is 22.9 Å². The molecule has 1 aromatic carbocycles. The maximum absolute atomic E-state index is 11.9. The van der Waals surface area contributed by atoms with E-state index in [0.717, 1.165) is 11.3 Å². The molecular formula is C10H8ClNO3S2. The van der Waals surface area contributed by atoms with Gasteiger partial charge in [-0.2, -0.15) is 0 Å². The molecule has 90 valence electrons. The quantitative estimate of drug-likeness (QED) is 0.854. The summed E-state index contributed by atoms with van der Waals surface area (Å²) in [7, 11) is -3.57. The minimum Gasteiger partial charge on any atom is -0.506 e. The molecule has 0 radical (unpaired) electrons. The lowest BCUT2D eigenvalue weighted by Gasteiger charge is -2.06. The lowest BCUT2D eigenvalue weighted by atomic mass is 10.3. The molecule has 0 atom stereocenters. The monoisotopic (exact) mass is 289 g/mol. The number of benzene rings is 1. The summed E-state index contributed by atoms with van der Waals surface area (Å²) >= 11 is 6.81. The van der Waals surface area contributed by atoms with Crippen LogP contribution in [0.4, 0.5) is 5.69 Å². The Hall–Kier alpha value is -1.24. The van der Waals surface area contributed by atoms with Gasteiger partial charge in [-0.15, -0.1) is 11.3 Å². The summed E-state index contributed by atoms with van der Waals surface area (Å²) in [6.45, 7) is 0. The highest BCUT2D eigenvalue weighted by Gasteiger charge is 2.15. The molecule has 1 heterocycles. The molecule has 1 aromatic heterocycles. The second-order valence-electron chi connectivity index (χ2n) is 3.20. The Labute approximate surface area is 108 Å². The molecule has 4 nitrogen and oxygen atoms in total. The summed E-state index contributed by atoms with van der Waals surface area (Å²) in [4.78, 5) is 0. The number of aromatic hydroxyl groups is 1. The first-order chi connectivity index (χ1) is 7.99. The molecular weight excluding hydrogens is 282 g/mol. The molecule has 2 rings (SSSR count). The van der Waals surface area contributed by atoms with Crippen molar-refractivity contribution < 1.29 is 13.5 Å². The molecule has 0 fully saturated rings. The van der Waals surface area contributed by atoms with Crippen LogP contribution in [0.5, 0.6) is 5.75 Å². The van der Waals surface area contributed by atoms with E-state index in [9.17, 15) is 13.5 Å². The average molecular weight is 290 g/mol. The van der Waals surface area contributed by atoms with Gasteiger partial charge in [0.2, 0.25) is 0 Å². The predicted octanol–water partition coefficient (Wildman–Crippen LogP) is 2.91.